The number of benzene rings is 5. The third-order valence-corrected chi connectivity index (χ3v) is 8.68. The summed E-state index contributed by atoms with van der Waals surface area (Å²) in [6.45, 7) is 0. The Balaban J connectivity index is 1.34. The summed E-state index contributed by atoms with van der Waals surface area (Å²) >= 11 is 0. The minimum absolute atomic E-state index is 0.324. The van der Waals surface area contributed by atoms with E-state index in [0.717, 1.165) is 55.1 Å². The Bertz CT molecular complexity index is 2440. The van der Waals surface area contributed by atoms with E-state index in [-0.39, 0.29) is 6.23 Å². The first kappa shape index (κ1) is 26.2. The number of nitrogens with zero attached hydrogens (tertiary/aromatic N) is 3. The number of fused-ring (bicyclic) bond motifs is 3. The van der Waals surface area contributed by atoms with Gasteiger partial charge in [-0.25, -0.2) is 4.98 Å². The van der Waals surface area contributed by atoms with Gasteiger partial charge >= 0.3 is 0 Å². The maximum atomic E-state index is 5.76. The van der Waals surface area contributed by atoms with E-state index < -0.39 is 0 Å². The van der Waals surface area contributed by atoms with Gasteiger partial charge in [0.1, 0.15) is 23.9 Å². The van der Waals surface area contributed by atoms with Crippen LogP contribution in [0.1, 0.15) is 11.9 Å². The predicted molar refractivity (Wildman–Crippen MR) is 182 cm³/mol. The first-order valence-electron chi connectivity index (χ1n) is 15.2. The molecule has 6 heteroatoms. The second-order valence-electron chi connectivity index (χ2n) is 11.3. The quantitative estimate of drug-likeness (QED) is 0.200. The molecule has 0 amide bonds. The highest BCUT2D eigenvalue weighted by Gasteiger charge is 2.21. The molecule has 4 heterocycles. The number of rotatable bonds is 5. The van der Waals surface area contributed by atoms with Crippen LogP contribution in [0.4, 0.5) is 0 Å². The van der Waals surface area contributed by atoms with E-state index in [1.807, 2.05) is 12.4 Å². The van der Waals surface area contributed by atoms with Crippen LogP contribution >= 0.6 is 0 Å². The molecule has 218 valence electrons. The van der Waals surface area contributed by atoms with Crippen LogP contribution in [0.5, 0.6) is 0 Å². The van der Waals surface area contributed by atoms with Crippen LogP contribution in [0.25, 0.3) is 77.3 Å². The molecule has 1 atom stereocenters. The number of hydrogen-bond acceptors (Lipinski definition) is 6. The molecule has 0 fully saturated rings. The number of hydrogen-bond donors (Lipinski definition) is 1. The van der Waals surface area contributed by atoms with Crippen molar-refractivity contribution in [1.29, 1.82) is 0 Å². The van der Waals surface area contributed by atoms with Crippen molar-refractivity contribution < 1.29 is 9.15 Å². The van der Waals surface area contributed by atoms with Crippen molar-refractivity contribution in [3.63, 3.8) is 0 Å². The van der Waals surface area contributed by atoms with E-state index in [1.54, 1.807) is 24.9 Å². The summed E-state index contributed by atoms with van der Waals surface area (Å²) in [4.78, 5) is 13.6. The topological polar surface area (TPSA) is 73.1 Å². The molecule has 1 N–H and O–H groups in total. The monoisotopic (exact) mass is 594 g/mol. The summed E-state index contributed by atoms with van der Waals surface area (Å²) in [5.41, 5.74) is 8.21. The van der Waals surface area contributed by atoms with Crippen molar-refractivity contribution in [3.05, 3.63) is 152 Å². The van der Waals surface area contributed by atoms with E-state index >= 15 is 0 Å². The Labute approximate surface area is 264 Å². The zero-order chi connectivity index (χ0) is 30.5. The summed E-state index contributed by atoms with van der Waals surface area (Å²) in [6, 6.07) is 38.9. The first-order valence-corrected chi connectivity index (χ1v) is 15.2. The molecule has 6 nitrogen and oxygen atoms in total. The molecular weight excluding hydrogens is 568 g/mol. The van der Waals surface area contributed by atoms with Gasteiger partial charge in [0.25, 0.3) is 0 Å². The summed E-state index contributed by atoms with van der Waals surface area (Å²) in [6.07, 6.45) is 10.0. The molecule has 1 aliphatic heterocycles. The minimum atomic E-state index is -0.324. The standard InChI is InChI=1S/C40H26N4O2/c1-2-6-26-21-27(10-9-25(26)5-1)28-11-12-33-34(22-28)38(30-14-16-42-36(24-30)40-44-18-20-46-40)32-8-4-3-7-31(32)37(33)29-13-15-41-35(23-29)39-43-17-19-45-39/h1-24,40,44H. The van der Waals surface area contributed by atoms with Crippen LogP contribution in [-0.4, -0.2) is 15.0 Å². The fraction of sp³-hybridized carbons (Fsp3) is 0.0250. The molecule has 46 heavy (non-hydrogen) atoms. The molecule has 0 saturated carbocycles. The van der Waals surface area contributed by atoms with Crippen LogP contribution in [0, 0.1) is 0 Å². The van der Waals surface area contributed by atoms with E-state index in [1.165, 1.54) is 16.3 Å². The van der Waals surface area contributed by atoms with Crippen LogP contribution in [0.3, 0.4) is 0 Å². The highest BCUT2D eigenvalue weighted by molar-refractivity contribution is 6.22. The molecule has 0 aliphatic carbocycles. The van der Waals surface area contributed by atoms with Crippen LogP contribution in [-0.2, 0) is 4.74 Å². The lowest BCUT2D eigenvalue weighted by Gasteiger charge is -2.19. The van der Waals surface area contributed by atoms with E-state index in [9.17, 15) is 0 Å². The molecule has 8 aromatic rings. The molecule has 5 aromatic carbocycles. The normalized spacial score (nSPS) is 14.1. The van der Waals surface area contributed by atoms with Crippen molar-refractivity contribution in [2.24, 2.45) is 0 Å². The smallest absolute Gasteiger partial charge is 0.245 e. The second kappa shape index (κ2) is 10.7. The van der Waals surface area contributed by atoms with Gasteiger partial charge in [-0.2, -0.15) is 0 Å². The average Bonchev–Trinajstić information content (AvgIpc) is 3.86. The zero-order valence-corrected chi connectivity index (χ0v) is 24.6. The van der Waals surface area contributed by atoms with E-state index in [4.69, 9.17) is 9.15 Å². The van der Waals surface area contributed by atoms with Gasteiger partial charge in [0.05, 0.1) is 6.20 Å². The van der Waals surface area contributed by atoms with Crippen molar-refractivity contribution >= 4 is 32.3 Å². The van der Waals surface area contributed by atoms with Gasteiger partial charge in [0, 0.05) is 18.6 Å². The molecule has 0 saturated heterocycles. The van der Waals surface area contributed by atoms with Gasteiger partial charge in [0.15, 0.2) is 0 Å². The third-order valence-electron chi connectivity index (χ3n) is 8.68. The third kappa shape index (κ3) is 4.39. The largest absolute Gasteiger partial charge is 0.471 e. The summed E-state index contributed by atoms with van der Waals surface area (Å²) in [5.74, 6) is 0.493. The summed E-state index contributed by atoms with van der Waals surface area (Å²) in [7, 11) is 0. The van der Waals surface area contributed by atoms with Gasteiger partial charge in [-0.05, 0) is 102 Å². The molecule has 0 spiro atoms. The lowest BCUT2D eigenvalue weighted by Crippen LogP contribution is -2.12. The lowest BCUT2D eigenvalue weighted by atomic mass is 9.85. The Morgan fingerprint density at radius 2 is 1.26 bits per heavy atom. The maximum absolute atomic E-state index is 5.76. The summed E-state index contributed by atoms with van der Waals surface area (Å²) in [5, 5.41) is 10.2. The van der Waals surface area contributed by atoms with Crippen LogP contribution < -0.4 is 5.32 Å². The molecule has 0 bridgehead atoms. The minimum Gasteiger partial charge on any atom is -0.471 e. The van der Waals surface area contributed by atoms with Crippen LogP contribution in [0.15, 0.2) is 151 Å². The van der Waals surface area contributed by atoms with Gasteiger partial charge in [-0.3, -0.25) is 9.97 Å². The Morgan fingerprint density at radius 3 is 2.07 bits per heavy atom. The molecule has 0 radical (unpaired) electrons. The highest BCUT2D eigenvalue weighted by atomic mass is 16.5. The van der Waals surface area contributed by atoms with Crippen molar-refractivity contribution in [2.75, 3.05) is 0 Å². The second-order valence-corrected chi connectivity index (χ2v) is 11.3. The molecule has 1 unspecified atom stereocenters. The predicted octanol–water partition coefficient (Wildman–Crippen LogP) is 9.68. The number of aromatic nitrogens is 3. The molecular formula is C40H26N4O2. The fourth-order valence-electron chi connectivity index (χ4n) is 6.59. The Morgan fingerprint density at radius 1 is 0.543 bits per heavy atom. The van der Waals surface area contributed by atoms with Gasteiger partial charge in [0.2, 0.25) is 12.1 Å². The van der Waals surface area contributed by atoms with E-state index in [0.29, 0.717) is 11.6 Å². The van der Waals surface area contributed by atoms with Crippen LogP contribution in [0.2, 0.25) is 0 Å². The van der Waals surface area contributed by atoms with Crippen molar-refractivity contribution in [3.8, 4) is 45.0 Å². The van der Waals surface area contributed by atoms with Crippen molar-refractivity contribution in [2.45, 2.75) is 6.23 Å². The maximum Gasteiger partial charge on any atom is 0.245 e. The van der Waals surface area contributed by atoms with Gasteiger partial charge in [-0.1, -0.05) is 72.8 Å². The van der Waals surface area contributed by atoms with Gasteiger partial charge in [-0.15, -0.1) is 0 Å². The van der Waals surface area contributed by atoms with E-state index in [2.05, 4.69) is 129 Å². The number of oxazole rings is 1. The SMILES string of the molecule is C1=COC(c2cc(-c3c4ccccc4c(-c4ccnc(-c5ncco5)c4)c4ccc(-c5ccc6ccccc6c5)cc34)ccn2)N1. The lowest BCUT2D eigenvalue weighted by molar-refractivity contribution is 0.150. The zero-order valence-electron chi connectivity index (χ0n) is 24.6. The molecule has 3 aromatic heterocycles. The molecule has 1 aliphatic rings. The first-order chi connectivity index (χ1) is 22.8. The Hall–Kier alpha value is -6.27. The average molecular weight is 595 g/mol. The van der Waals surface area contributed by atoms with Crippen molar-refractivity contribution in [1.82, 2.24) is 20.3 Å². The number of ether oxygens (including phenoxy) is 1. The van der Waals surface area contributed by atoms with Gasteiger partial charge < -0.3 is 14.5 Å². The molecule has 9 rings (SSSR count). The Kier molecular flexibility index (Phi) is 6.09. The fourth-order valence-corrected chi connectivity index (χ4v) is 6.59. The number of nitrogens with one attached hydrogen (secondary N) is 1. The number of pyridine rings is 2. The summed E-state index contributed by atoms with van der Waals surface area (Å²) < 4.78 is 11.4. The highest BCUT2D eigenvalue weighted by Crippen LogP contribution is 2.45.